The second kappa shape index (κ2) is 11.2. The quantitative estimate of drug-likeness (QED) is 0.197. The zero-order chi connectivity index (χ0) is 31.2. The third-order valence-corrected chi connectivity index (χ3v) is 8.65. The van der Waals surface area contributed by atoms with Crippen LogP contribution in [0.3, 0.4) is 0 Å². The highest BCUT2D eigenvalue weighted by molar-refractivity contribution is 6.13. The molecule has 0 spiro atoms. The van der Waals surface area contributed by atoms with E-state index in [4.69, 9.17) is 19.9 Å². The zero-order valence-corrected chi connectivity index (χ0v) is 25.3. The molecule has 0 unspecified atom stereocenters. The van der Waals surface area contributed by atoms with Crippen molar-refractivity contribution in [2.75, 3.05) is 0 Å². The summed E-state index contributed by atoms with van der Waals surface area (Å²) in [6, 6.07) is 56.3. The summed E-state index contributed by atoms with van der Waals surface area (Å²) >= 11 is 0. The smallest absolute Gasteiger partial charge is 0.240 e. The number of fused-ring (bicyclic) bond motifs is 4. The van der Waals surface area contributed by atoms with Gasteiger partial charge in [-0.05, 0) is 28.8 Å². The van der Waals surface area contributed by atoms with Crippen LogP contribution in [0.5, 0.6) is 0 Å². The molecule has 6 aromatic carbocycles. The molecule has 0 saturated heterocycles. The van der Waals surface area contributed by atoms with Gasteiger partial charge in [0.15, 0.2) is 11.6 Å². The summed E-state index contributed by atoms with van der Waals surface area (Å²) in [6.45, 7) is 0. The third kappa shape index (κ3) is 4.64. The molecule has 2 aliphatic rings. The molecule has 1 aromatic heterocycles. The van der Waals surface area contributed by atoms with Gasteiger partial charge >= 0.3 is 0 Å². The van der Waals surface area contributed by atoms with Crippen LogP contribution in [0.1, 0.15) is 0 Å². The Morgan fingerprint density at radius 3 is 1.51 bits per heavy atom. The normalized spacial score (nSPS) is 11.4. The lowest BCUT2D eigenvalue weighted by Crippen LogP contribution is -2.11. The summed E-state index contributed by atoms with van der Waals surface area (Å²) in [5, 5.41) is 2.18. The molecular weight excluding hydrogens is 574 g/mol. The molecule has 0 fully saturated rings. The Bertz CT molecular complexity index is 2430. The van der Waals surface area contributed by atoms with Gasteiger partial charge in [0.1, 0.15) is 5.82 Å². The fraction of sp³-hybridized carbons (Fsp3) is 0. The lowest BCUT2D eigenvalue weighted by Gasteiger charge is -2.21. The predicted molar refractivity (Wildman–Crippen MR) is 190 cm³/mol. The van der Waals surface area contributed by atoms with Gasteiger partial charge in [0, 0.05) is 33.0 Å². The molecule has 47 heavy (non-hydrogen) atoms. The van der Waals surface area contributed by atoms with Crippen LogP contribution in [0.2, 0.25) is 0 Å². The van der Waals surface area contributed by atoms with E-state index in [-0.39, 0.29) is 0 Å². The first-order valence-corrected chi connectivity index (χ1v) is 15.7. The number of pyridine rings is 1. The average molecular weight is 602 g/mol. The van der Waals surface area contributed by atoms with Crippen molar-refractivity contribution in [1.82, 2.24) is 24.5 Å². The summed E-state index contributed by atoms with van der Waals surface area (Å²) in [4.78, 5) is 20.6. The minimum atomic E-state index is 0.514. The highest BCUT2D eigenvalue weighted by atomic mass is 15.2. The number of benzene rings is 6. The van der Waals surface area contributed by atoms with Gasteiger partial charge < -0.3 is 0 Å². The van der Waals surface area contributed by atoms with Crippen LogP contribution in [0.25, 0.3) is 84.2 Å². The minimum Gasteiger partial charge on any atom is -0.262 e. The fourth-order valence-electron chi connectivity index (χ4n) is 6.47. The number of para-hydroxylation sites is 1. The summed E-state index contributed by atoms with van der Waals surface area (Å²) < 4.78 is 2.13. The second-order valence-electron chi connectivity index (χ2n) is 11.5. The second-order valence-corrected chi connectivity index (χ2v) is 11.5. The fourth-order valence-corrected chi connectivity index (χ4v) is 6.47. The van der Waals surface area contributed by atoms with Crippen molar-refractivity contribution in [3.05, 3.63) is 164 Å². The SMILES string of the molecule is c1ccc(-c2ccc3c(-c4ccccc4)c4c5ccccc5nc-4n(-c4nc(-c5ccccc5)nc(-c5ccccc5)n4)c3c2)cc1. The van der Waals surface area contributed by atoms with Gasteiger partial charge in [-0.25, -0.2) is 9.97 Å². The first-order chi connectivity index (χ1) is 23.3. The molecule has 7 aromatic rings. The number of rotatable bonds is 5. The Labute approximate surface area is 271 Å². The van der Waals surface area contributed by atoms with Crippen molar-refractivity contribution < 1.29 is 0 Å². The van der Waals surface area contributed by atoms with Gasteiger partial charge in [-0.3, -0.25) is 4.57 Å². The maximum absolute atomic E-state index is 5.30. The monoisotopic (exact) mass is 601 g/mol. The van der Waals surface area contributed by atoms with E-state index >= 15 is 0 Å². The van der Waals surface area contributed by atoms with Crippen molar-refractivity contribution in [3.63, 3.8) is 0 Å². The Kier molecular flexibility index (Phi) is 6.39. The number of aromatic nitrogens is 5. The molecule has 5 heteroatoms. The summed E-state index contributed by atoms with van der Waals surface area (Å²) in [6.07, 6.45) is 0. The molecular formula is C42H27N5. The number of nitrogens with zero attached hydrogens (tertiary/aromatic N) is 5. The molecule has 9 rings (SSSR count). The Hall–Kier alpha value is -6.46. The van der Waals surface area contributed by atoms with Crippen molar-refractivity contribution in [2.24, 2.45) is 0 Å². The van der Waals surface area contributed by atoms with Gasteiger partial charge in [0.2, 0.25) is 5.95 Å². The summed E-state index contributed by atoms with van der Waals surface area (Å²) in [7, 11) is 0. The van der Waals surface area contributed by atoms with E-state index in [1.54, 1.807) is 0 Å². The highest BCUT2D eigenvalue weighted by Crippen LogP contribution is 2.46. The average Bonchev–Trinajstić information content (AvgIpc) is 3.53. The van der Waals surface area contributed by atoms with Crippen LogP contribution < -0.4 is 0 Å². The van der Waals surface area contributed by atoms with Gasteiger partial charge in [-0.2, -0.15) is 9.97 Å². The number of hydrogen-bond acceptors (Lipinski definition) is 4. The van der Waals surface area contributed by atoms with Crippen molar-refractivity contribution >= 4 is 21.8 Å². The first-order valence-electron chi connectivity index (χ1n) is 15.7. The van der Waals surface area contributed by atoms with Crippen LogP contribution in [-0.2, 0) is 0 Å². The highest BCUT2D eigenvalue weighted by Gasteiger charge is 2.27. The van der Waals surface area contributed by atoms with E-state index in [9.17, 15) is 0 Å². The first kappa shape index (κ1) is 26.9. The largest absolute Gasteiger partial charge is 0.262 e. The molecule has 0 N–H and O–H groups in total. The molecule has 3 heterocycles. The molecule has 0 amide bonds. The standard InChI is InChI=1S/C42H27N5/c1-5-15-28(16-6-1)32-25-26-34-36(27-32)47(41-38(33-23-13-14-24-35(33)43-41)37(34)29-17-7-2-8-18-29)42-45-39(30-19-9-3-10-20-30)44-40(46-42)31-21-11-4-12-22-31/h1-27H. The molecule has 220 valence electrons. The van der Waals surface area contributed by atoms with E-state index in [0.717, 1.165) is 66.6 Å². The topological polar surface area (TPSA) is 56.5 Å². The van der Waals surface area contributed by atoms with Crippen LogP contribution in [0, 0.1) is 0 Å². The van der Waals surface area contributed by atoms with E-state index in [0.29, 0.717) is 17.6 Å². The molecule has 0 aliphatic carbocycles. The van der Waals surface area contributed by atoms with Crippen molar-refractivity contribution in [1.29, 1.82) is 0 Å². The van der Waals surface area contributed by atoms with Crippen molar-refractivity contribution in [3.8, 4) is 62.4 Å². The Morgan fingerprint density at radius 1 is 0.362 bits per heavy atom. The zero-order valence-electron chi connectivity index (χ0n) is 25.3. The van der Waals surface area contributed by atoms with Crippen LogP contribution in [0.4, 0.5) is 0 Å². The summed E-state index contributed by atoms with van der Waals surface area (Å²) in [5.74, 6) is 2.52. The third-order valence-electron chi connectivity index (χ3n) is 8.65. The molecule has 5 nitrogen and oxygen atoms in total. The van der Waals surface area contributed by atoms with Crippen LogP contribution >= 0.6 is 0 Å². The molecule has 0 radical (unpaired) electrons. The molecule has 2 aliphatic heterocycles. The molecule has 0 bridgehead atoms. The van der Waals surface area contributed by atoms with Gasteiger partial charge in [-0.1, -0.05) is 152 Å². The van der Waals surface area contributed by atoms with E-state index < -0.39 is 0 Å². The van der Waals surface area contributed by atoms with E-state index in [1.165, 1.54) is 0 Å². The van der Waals surface area contributed by atoms with Gasteiger partial charge in [-0.15, -0.1) is 0 Å². The van der Waals surface area contributed by atoms with Gasteiger partial charge in [0.25, 0.3) is 0 Å². The molecule has 0 atom stereocenters. The number of hydrogen-bond donors (Lipinski definition) is 0. The maximum Gasteiger partial charge on any atom is 0.240 e. The minimum absolute atomic E-state index is 0.514. The lowest BCUT2D eigenvalue weighted by molar-refractivity contribution is 0.920. The van der Waals surface area contributed by atoms with Gasteiger partial charge in [0.05, 0.1) is 11.0 Å². The van der Waals surface area contributed by atoms with E-state index in [2.05, 4.69) is 95.6 Å². The maximum atomic E-state index is 5.30. The van der Waals surface area contributed by atoms with Crippen molar-refractivity contribution in [2.45, 2.75) is 0 Å². The summed E-state index contributed by atoms with van der Waals surface area (Å²) in [5.41, 5.74) is 9.29. The Balaban J connectivity index is 1.45. The Morgan fingerprint density at radius 2 is 0.894 bits per heavy atom. The van der Waals surface area contributed by atoms with Crippen LogP contribution in [0.15, 0.2) is 164 Å². The van der Waals surface area contributed by atoms with E-state index in [1.807, 2.05) is 72.8 Å². The van der Waals surface area contributed by atoms with Crippen LogP contribution in [-0.4, -0.2) is 24.5 Å². The molecule has 0 saturated carbocycles. The lowest BCUT2D eigenvalue weighted by atomic mass is 9.92. The predicted octanol–water partition coefficient (Wildman–Crippen LogP) is 10.1.